The van der Waals surface area contributed by atoms with Gasteiger partial charge >= 0.3 is 6.18 Å². The largest absolute Gasteiger partial charge is 0.493 e. The SMILES string of the molecule is C=C/C(F)=C\C(=C)C(=C)c1sc(C(=O)NC2CCOc3ccccc32)c(C(F)(F)F)c1N=C. The summed E-state index contributed by atoms with van der Waals surface area (Å²) in [6, 6.07) is 6.45. The fourth-order valence-electron chi connectivity index (χ4n) is 3.37. The summed E-state index contributed by atoms with van der Waals surface area (Å²) in [6.07, 6.45) is -2.60. The number of thiophene rings is 1. The molecule has 0 aliphatic carbocycles. The van der Waals surface area contributed by atoms with Crippen LogP contribution >= 0.6 is 11.3 Å². The first-order valence-corrected chi connectivity index (χ1v) is 10.5. The van der Waals surface area contributed by atoms with E-state index in [2.05, 4.69) is 36.8 Å². The first-order valence-electron chi connectivity index (χ1n) is 9.70. The van der Waals surface area contributed by atoms with Crippen LogP contribution in [0.15, 0.2) is 72.5 Å². The molecule has 172 valence electrons. The van der Waals surface area contributed by atoms with E-state index in [9.17, 15) is 22.4 Å². The third kappa shape index (κ3) is 4.98. The van der Waals surface area contributed by atoms with Crippen LogP contribution in [0.4, 0.5) is 23.2 Å². The summed E-state index contributed by atoms with van der Waals surface area (Å²) in [5.41, 5.74) is -1.11. The van der Waals surface area contributed by atoms with Crippen molar-refractivity contribution in [3.63, 3.8) is 0 Å². The van der Waals surface area contributed by atoms with Crippen LogP contribution in [0.2, 0.25) is 0 Å². The predicted octanol–water partition coefficient (Wildman–Crippen LogP) is 6.96. The zero-order valence-corrected chi connectivity index (χ0v) is 18.3. The van der Waals surface area contributed by atoms with Crippen LogP contribution in [0.25, 0.3) is 5.57 Å². The van der Waals surface area contributed by atoms with E-state index in [4.69, 9.17) is 4.74 Å². The molecule has 1 aromatic carbocycles. The number of rotatable bonds is 7. The minimum atomic E-state index is -4.89. The monoisotopic (exact) mass is 476 g/mol. The van der Waals surface area contributed by atoms with E-state index in [1.54, 1.807) is 24.3 Å². The molecule has 3 rings (SSSR count). The molecule has 1 atom stereocenters. The number of nitrogens with one attached hydrogen (secondary N) is 1. The number of halogens is 4. The van der Waals surface area contributed by atoms with Gasteiger partial charge < -0.3 is 10.1 Å². The molecule has 0 spiro atoms. The maximum Gasteiger partial charge on any atom is 0.420 e. The summed E-state index contributed by atoms with van der Waals surface area (Å²) in [5.74, 6) is -1.10. The van der Waals surface area contributed by atoms with Gasteiger partial charge in [-0.2, -0.15) is 13.2 Å². The zero-order valence-electron chi connectivity index (χ0n) is 17.5. The Labute approximate surface area is 192 Å². The molecule has 0 saturated heterocycles. The molecule has 9 heteroatoms. The molecule has 1 aliphatic heterocycles. The van der Waals surface area contributed by atoms with Crippen LogP contribution in [-0.2, 0) is 6.18 Å². The van der Waals surface area contributed by atoms with Crippen molar-refractivity contribution >= 4 is 35.2 Å². The molecule has 0 radical (unpaired) electrons. The van der Waals surface area contributed by atoms with Crippen molar-refractivity contribution in [1.82, 2.24) is 5.32 Å². The maximum absolute atomic E-state index is 14.0. The number of para-hydroxylation sites is 1. The number of ether oxygens (including phenoxy) is 1. The molecule has 0 fully saturated rings. The standard InChI is InChI=1S/C24H20F4N2O2S/c1-5-15(25)12-13(2)14(3)21-20(29-4)19(24(26,27)28)22(33-21)23(31)30-17-10-11-32-18-9-7-6-8-16(17)18/h5-9,12,17H,1-4,10-11H2,(H,30,31)/b15-12+. The van der Waals surface area contributed by atoms with E-state index in [0.717, 1.165) is 12.2 Å². The smallest absolute Gasteiger partial charge is 0.420 e. The summed E-state index contributed by atoms with van der Waals surface area (Å²) in [5, 5.41) is 2.67. The van der Waals surface area contributed by atoms with E-state index in [1.807, 2.05) is 0 Å². The molecule has 1 unspecified atom stereocenters. The Hall–Kier alpha value is -3.46. The van der Waals surface area contributed by atoms with Gasteiger partial charge in [0.25, 0.3) is 5.91 Å². The normalized spacial score (nSPS) is 15.8. The number of carbonyl (C=O) groups is 1. The second kappa shape index (κ2) is 9.58. The van der Waals surface area contributed by atoms with Gasteiger partial charge in [0, 0.05) is 12.0 Å². The molecule has 1 N–H and O–H groups in total. The van der Waals surface area contributed by atoms with Gasteiger partial charge in [-0.25, -0.2) is 4.39 Å². The van der Waals surface area contributed by atoms with Gasteiger partial charge in [0.1, 0.15) is 22.0 Å². The van der Waals surface area contributed by atoms with Gasteiger partial charge in [0.2, 0.25) is 0 Å². The molecule has 4 nitrogen and oxygen atoms in total. The number of hydrogen-bond donors (Lipinski definition) is 1. The van der Waals surface area contributed by atoms with Crippen molar-refractivity contribution in [3.05, 3.63) is 88.4 Å². The van der Waals surface area contributed by atoms with E-state index >= 15 is 0 Å². The molecule has 2 aromatic rings. The van der Waals surface area contributed by atoms with Crippen molar-refractivity contribution in [2.45, 2.75) is 18.6 Å². The fraction of sp³-hybridized carbons (Fsp3) is 0.167. The molecular formula is C24H20F4N2O2S. The van der Waals surface area contributed by atoms with Crippen LogP contribution < -0.4 is 10.1 Å². The number of benzene rings is 1. The summed E-state index contributed by atoms with van der Waals surface area (Å²) in [7, 11) is 0. The van der Waals surface area contributed by atoms with Crippen molar-refractivity contribution in [3.8, 4) is 5.75 Å². The quantitative estimate of drug-likeness (QED) is 0.267. The molecule has 0 bridgehead atoms. The Bertz CT molecular complexity index is 1180. The average molecular weight is 476 g/mol. The lowest BCUT2D eigenvalue weighted by molar-refractivity contribution is -0.137. The molecule has 33 heavy (non-hydrogen) atoms. The minimum Gasteiger partial charge on any atom is -0.493 e. The highest BCUT2D eigenvalue weighted by molar-refractivity contribution is 7.16. The van der Waals surface area contributed by atoms with Crippen LogP contribution in [0.1, 0.15) is 38.1 Å². The second-order valence-corrected chi connectivity index (χ2v) is 8.10. The van der Waals surface area contributed by atoms with Crippen molar-refractivity contribution in [2.24, 2.45) is 4.99 Å². The molecule has 0 saturated carbocycles. The lowest BCUT2D eigenvalue weighted by Gasteiger charge is -2.26. The number of nitrogens with zero attached hydrogens (tertiary/aromatic N) is 1. The third-order valence-corrected chi connectivity index (χ3v) is 6.20. The zero-order chi connectivity index (χ0) is 24.3. The number of hydrogen-bond acceptors (Lipinski definition) is 4. The van der Waals surface area contributed by atoms with Gasteiger partial charge in [0.05, 0.1) is 23.2 Å². The van der Waals surface area contributed by atoms with Crippen LogP contribution in [0.3, 0.4) is 0 Å². The van der Waals surface area contributed by atoms with Gasteiger partial charge in [-0.05, 0) is 36.1 Å². The van der Waals surface area contributed by atoms with Crippen LogP contribution in [0, 0.1) is 0 Å². The number of allylic oxidation sites excluding steroid dienone is 5. The Morgan fingerprint density at radius 2 is 1.94 bits per heavy atom. The number of fused-ring (bicyclic) bond motifs is 1. The topological polar surface area (TPSA) is 50.7 Å². The van der Waals surface area contributed by atoms with Gasteiger partial charge in [-0.15, -0.1) is 11.3 Å². The highest BCUT2D eigenvalue weighted by atomic mass is 32.1. The highest BCUT2D eigenvalue weighted by Crippen LogP contribution is 2.49. The Morgan fingerprint density at radius 3 is 2.58 bits per heavy atom. The molecule has 2 heterocycles. The van der Waals surface area contributed by atoms with E-state index in [0.29, 0.717) is 35.7 Å². The van der Waals surface area contributed by atoms with Gasteiger partial charge in [-0.1, -0.05) is 37.9 Å². The van der Waals surface area contributed by atoms with E-state index in [1.165, 1.54) is 0 Å². The summed E-state index contributed by atoms with van der Waals surface area (Å²) in [4.78, 5) is 15.9. The molecule has 1 amide bonds. The Kier molecular flexibility index (Phi) is 7.02. The fourth-order valence-corrected chi connectivity index (χ4v) is 4.56. The number of amides is 1. The number of aliphatic imine (C=N–C) groups is 1. The third-order valence-electron chi connectivity index (χ3n) is 4.96. The lowest BCUT2D eigenvalue weighted by Crippen LogP contribution is -2.32. The first kappa shape index (κ1) is 24.2. The van der Waals surface area contributed by atoms with Crippen LogP contribution in [0.5, 0.6) is 5.75 Å². The molecule has 1 aliphatic rings. The van der Waals surface area contributed by atoms with Gasteiger partial charge in [0.15, 0.2) is 0 Å². The predicted molar refractivity (Wildman–Crippen MR) is 123 cm³/mol. The van der Waals surface area contributed by atoms with Crippen molar-refractivity contribution in [1.29, 1.82) is 0 Å². The second-order valence-electron chi connectivity index (χ2n) is 7.08. The lowest BCUT2D eigenvalue weighted by atomic mass is 10.00. The van der Waals surface area contributed by atoms with Gasteiger partial charge in [-0.3, -0.25) is 9.79 Å². The highest BCUT2D eigenvalue weighted by Gasteiger charge is 2.42. The molecular weight excluding hydrogens is 456 g/mol. The maximum atomic E-state index is 14.0. The first-order chi connectivity index (χ1) is 15.6. The number of alkyl halides is 3. The summed E-state index contributed by atoms with van der Waals surface area (Å²) >= 11 is 0.552. The number of carbonyl (C=O) groups excluding carboxylic acids is 1. The summed E-state index contributed by atoms with van der Waals surface area (Å²) < 4.78 is 61.1. The summed E-state index contributed by atoms with van der Waals surface area (Å²) in [6.45, 7) is 14.2. The van der Waals surface area contributed by atoms with E-state index in [-0.39, 0.29) is 16.0 Å². The Morgan fingerprint density at radius 1 is 1.24 bits per heavy atom. The van der Waals surface area contributed by atoms with Crippen molar-refractivity contribution < 1.29 is 27.1 Å². The van der Waals surface area contributed by atoms with Crippen molar-refractivity contribution in [2.75, 3.05) is 6.61 Å². The van der Waals surface area contributed by atoms with E-state index < -0.39 is 40.1 Å². The minimum absolute atomic E-state index is 0.0117. The molecule has 1 aromatic heterocycles. The van der Waals surface area contributed by atoms with Crippen LogP contribution in [-0.4, -0.2) is 19.2 Å². The Balaban J connectivity index is 2.04. The average Bonchev–Trinajstić information content (AvgIpc) is 3.19.